The first-order valence-electron chi connectivity index (χ1n) is 10.9. The van der Waals surface area contributed by atoms with E-state index in [1.807, 2.05) is 6.92 Å². The van der Waals surface area contributed by atoms with Crippen LogP contribution in [0, 0.1) is 0 Å². The van der Waals surface area contributed by atoms with E-state index in [9.17, 15) is 14.4 Å². The lowest BCUT2D eigenvalue weighted by molar-refractivity contribution is 0.0319. The summed E-state index contributed by atoms with van der Waals surface area (Å²) in [6.45, 7) is 4.06. The average molecular weight is 443 g/mol. The first-order valence-corrected chi connectivity index (χ1v) is 10.9. The Hall–Kier alpha value is -4.05. The molecule has 0 saturated heterocycles. The molecule has 0 heterocycles. The van der Waals surface area contributed by atoms with Crippen molar-refractivity contribution in [1.29, 1.82) is 0 Å². The van der Waals surface area contributed by atoms with Gasteiger partial charge in [-0.25, -0.2) is 14.4 Å². The number of carbonyl (C=O) groups excluding carboxylic acids is 3. The fourth-order valence-corrected chi connectivity index (χ4v) is 2.92. The van der Waals surface area contributed by atoms with E-state index in [-0.39, 0.29) is 12.1 Å². The standard InChI is InChI=1S/C28H26O5/c1-3-4-5-8-11-22(2)32-27(30)25-17-19-26(20-18-25)33-28(31)24-15-13-23(14-16-24)12-9-6-7-10-21-29/h12-20,22H,3-5,8,11H2,1-2H3. The molecule has 5 heteroatoms. The molecule has 0 aliphatic rings. The molecule has 0 aromatic heterocycles. The van der Waals surface area contributed by atoms with Gasteiger partial charge >= 0.3 is 11.9 Å². The topological polar surface area (TPSA) is 69.7 Å². The predicted octanol–water partition coefficient (Wildman–Crippen LogP) is 5.89. The SMILES string of the molecule is CCCCCCC(C)OC(=O)c1ccc(OC(=O)c2ccc(C=C=C=C=C=C=O)cc2)cc1. The van der Waals surface area contributed by atoms with Crippen LogP contribution < -0.4 is 4.74 Å². The van der Waals surface area contributed by atoms with Gasteiger partial charge in [0.25, 0.3) is 0 Å². The number of ether oxygens (including phenoxy) is 2. The summed E-state index contributed by atoms with van der Waals surface area (Å²) in [5.41, 5.74) is 11.1. The molecule has 1 atom stereocenters. The third kappa shape index (κ3) is 9.32. The lowest BCUT2D eigenvalue weighted by Gasteiger charge is -2.13. The zero-order valence-electron chi connectivity index (χ0n) is 18.9. The van der Waals surface area contributed by atoms with Crippen LogP contribution in [0.5, 0.6) is 5.75 Å². The van der Waals surface area contributed by atoms with Gasteiger partial charge in [-0.1, -0.05) is 44.1 Å². The Morgan fingerprint density at radius 1 is 0.879 bits per heavy atom. The van der Waals surface area contributed by atoms with E-state index in [2.05, 4.69) is 29.8 Å². The lowest BCUT2D eigenvalue weighted by Crippen LogP contribution is -2.15. The number of benzene rings is 2. The summed E-state index contributed by atoms with van der Waals surface area (Å²) in [4.78, 5) is 34.6. The molecule has 0 N–H and O–H groups in total. The summed E-state index contributed by atoms with van der Waals surface area (Å²) in [5, 5.41) is 0. The monoisotopic (exact) mass is 442 g/mol. The highest BCUT2D eigenvalue weighted by Gasteiger charge is 2.13. The van der Waals surface area contributed by atoms with E-state index in [0.717, 1.165) is 24.8 Å². The molecule has 0 spiro atoms. The number of hydrogen-bond donors (Lipinski definition) is 0. The molecule has 33 heavy (non-hydrogen) atoms. The molecular weight excluding hydrogens is 416 g/mol. The Labute approximate surface area is 194 Å². The van der Waals surface area contributed by atoms with E-state index in [4.69, 9.17) is 9.47 Å². The molecule has 0 saturated carbocycles. The third-order valence-electron chi connectivity index (χ3n) is 4.71. The maximum Gasteiger partial charge on any atom is 0.343 e. The van der Waals surface area contributed by atoms with Gasteiger partial charge in [-0.05, 0) is 73.5 Å². The highest BCUT2D eigenvalue weighted by atomic mass is 16.5. The number of carbonyl (C=O) groups is 2. The summed E-state index contributed by atoms with van der Waals surface area (Å²) in [6, 6.07) is 13.0. The van der Waals surface area contributed by atoms with E-state index in [0.29, 0.717) is 16.9 Å². The fraction of sp³-hybridized carbons (Fsp3) is 0.286. The third-order valence-corrected chi connectivity index (χ3v) is 4.71. The van der Waals surface area contributed by atoms with Crippen LogP contribution in [0.3, 0.4) is 0 Å². The smallest absolute Gasteiger partial charge is 0.343 e. The molecule has 0 fully saturated rings. The zero-order chi connectivity index (χ0) is 23.9. The fourth-order valence-electron chi connectivity index (χ4n) is 2.92. The molecule has 0 radical (unpaired) electrons. The Kier molecular flexibility index (Phi) is 10.8. The van der Waals surface area contributed by atoms with Crippen molar-refractivity contribution in [1.82, 2.24) is 0 Å². The zero-order valence-corrected chi connectivity index (χ0v) is 18.9. The Balaban J connectivity index is 1.91. The number of unbranched alkanes of at least 4 members (excludes halogenated alkanes) is 3. The van der Waals surface area contributed by atoms with Crippen LogP contribution >= 0.6 is 0 Å². The van der Waals surface area contributed by atoms with Crippen molar-refractivity contribution in [3.63, 3.8) is 0 Å². The molecule has 1 unspecified atom stereocenters. The van der Waals surface area contributed by atoms with E-state index in [1.54, 1.807) is 54.6 Å². The lowest BCUT2D eigenvalue weighted by atomic mass is 10.1. The molecule has 0 aliphatic heterocycles. The van der Waals surface area contributed by atoms with E-state index < -0.39 is 5.97 Å². The Morgan fingerprint density at radius 3 is 2.21 bits per heavy atom. The van der Waals surface area contributed by atoms with Crippen LogP contribution in [0.1, 0.15) is 72.2 Å². The molecular formula is C28H26O5. The van der Waals surface area contributed by atoms with Crippen LogP contribution in [-0.2, 0) is 9.53 Å². The van der Waals surface area contributed by atoms with Gasteiger partial charge < -0.3 is 9.47 Å². The summed E-state index contributed by atoms with van der Waals surface area (Å²) < 4.78 is 10.9. The second-order valence-electron chi connectivity index (χ2n) is 7.37. The van der Waals surface area contributed by atoms with Crippen molar-refractivity contribution in [2.24, 2.45) is 0 Å². The van der Waals surface area contributed by atoms with Crippen molar-refractivity contribution in [3.8, 4) is 5.75 Å². The normalized spacial score (nSPS) is 10.4. The second kappa shape index (κ2) is 14.1. The first-order chi connectivity index (χ1) is 16.0. The maximum atomic E-state index is 12.4. The molecule has 168 valence electrons. The van der Waals surface area contributed by atoms with Gasteiger partial charge in [-0.3, -0.25) is 0 Å². The predicted molar refractivity (Wildman–Crippen MR) is 126 cm³/mol. The van der Waals surface area contributed by atoms with E-state index in [1.165, 1.54) is 18.8 Å². The first kappa shape index (κ1) is 25.2. The molecule has 2 aromatic rings. The van der Waals surface area contributed by atoms with Gasteiger partial charge in [0.05, 0.1) is 17.2 Å². The highest BCUT2D eigenvalue weighted by molar-refractivity contribution is 5.92. The maximum absolute atomic E-state index is 12.4. The number of rotatable bonds is 10. The summed E-state index contributed by atoms with van der Waals surface area (Å²) in [5.74, 6) is 0.855. The van der Waals surface area contributed by atoms with Crippen LogP contribution in [-0.4, -0.2) is 24.0 Å². The van der Waals surface area contributed by atoms with Gasteiger partial charge in [-0.2, -0.15) is 0 Å². The molecule has 5 nitrogen and oxygen atoms in total. The van der Waals surface area contributed by atoms with Crippen molar-refractivity contribution in [2.75, 3.05) is 0 Å². The summed E-state index contributed by atoms with van der Waals surface area (Å²) >= 11 is 0. The highest BCUT2D eigenvalue weighted by Crippen LogP contribution is 2.17. The van der Waals surface area contributed by atoms with Gasteiger partial charge in [0, 0.05) is 11.5 Å². The van der Waals surface area contributed by atoms with Gasteiger partial charge in [0.15, 0.2) is 5.94 Å². The molecule has 0 bridgehead atoms. The van der Waals surface area contributed by atoms with Gasteiger partial charge in [-0.15, -0.1) is 0 Å². The largest absolute Gasteiger partial charge is 0.459 e. The van der Waals surface area contributed by atoms with Crippen LogP contribution in [0.4, 0.5) is 0 Å². The number of hydrogen-bond acceptors (Lipinski definition) is 5. The summed E-state index contributed by atoms with van der Waals surface area (Å²) in [6.07, 6.45) is 6.86. The van der Waals surface area contributed by atoms with Crippen LogP contribution in [0.15, 0.2) is 71.5 Å². The minimum absolute atomic E-state index is 0.138. The van der Waals surface area contributed by atoms with E-state index >= 15 is 0 Å². The van der Waals surface area contributed by atoms with Crippen molar-refractivity contribution >= 4 is 24.0 Å². The average Bonchev–Trinajstić information content (AvgIpc) is 2.82. The Bertz CT molecular complexity index is 1130. The summed E-state index contributed by atoms with van der Waals surface area (Å²) in [7, 11) is 0. The van der Waals surface area contributed by atoms with Crippen molar-refractivity contribution < 1.29 is 23.9 Å². The van der Waals surface area contributed by atoms with Gasteiger partial charge in [0.2, 0.25) is 0 Å². The minimum atomic E-state index is -0.518. The molecule has 2 aromatic carbocycles. The quantitative estimate of drug-likeness (QED) is 0.151. The van der Waals surface area contributed by atoms with Crippen molar-refractivity contribution in [2.45, 2.75) is 52.1 Å². The second-order valence-corrected chi connectivity index (χ2v) is 7.37. The van der Waals surface area contributed by atoms with Crippen LogP contribution in [0.25, 0.3) is 6.08 Å². The Morgan fingerprint density at radius 2 is 1.55 bits per heavy atom. The number of esters is 2. The molecule has 2 rings (SSSR count). The van der Waals surface area contributed by atoms with Crippen LogP contribution in [0.2, 0.25) is 0 Å². The minimum Gasteiger partial charge on any atom is -0.459 e. The molecule has 0 amide bonds. The van der Waals surface area contributed by atoms with Crippen molar-refractivity contribution in [3.05, 3.63) is 88.1 Å². The van der Waals surface area contributed by atoms with Gasteiger partial charge in [0.1, 0.15) is 5.75 Å². The molecule has 0 aliphatic carbocycles.